The molecule has 0 spiro atoms. The quantitative estimate of drug-likeness (QED) is 0.602. The molecule has 3 rings (SSSR count). The van der Waals surface area contributed by atoms with E-state index in [2.05, 4.69) is 15.9 Å². The number of hydrogen-bond donors (Lipinski definition) is 0. The molecule has 0 aliphatic heterocycles. The van der Waals surface area contributed by atoms with Gasteiger partial charge in [0.1, 0.15) is 11.3 Å². The number of furan rings is 1. The number of fused-ring (bicyclic) bond motifs is 1. The van der Waals surface area contributed by atoms with E-state index in [0.717, 1.165) is 4.47 Å². The molecule has 0 unspecified atom stereocenters. The van der Waals surface area contributed by atoms with E-state index in [1.165, 1.54) is 6.07 Å². The van der Waals surface area contributed by atoms with Crippen LogP contribution in [0, 0.1) is 5.82 Å². The Morgan fingerprint density at radius 3 is 2.64 bits per heavy atom. The first-order chi connectivity index (χ1) is 10.6. The summed E-state index contributed by atoms with van der Waals surface area (Å²) in [5.74, 6) is -0.720. The number of esters is 1. The van der Waals surface area contributed by atoms with Gasteiger partial charge in [0.05, 0.1) is 6.61 Å². The molecule has 0 atom stereocenters. The van der Waals surface area contributed by atoms with Gasteiger partial charge in [-0.1, -0.05) is 40.2 Å². The van der Waals surface area contributed by atoms with Crippen molar-refractivity contribution < 1.29 is 18.3 Å². The summed E-state index contributed by atoms with van der Waals surface area (Å²) in [7, 11) is 0. The average Bonchev–Trinajstić information content (AvgIpc) is 2.89. The zero-order valence-electron chi connectivity index (χ0n) is 11.7. The minimum atomic E-state index is -0.523. The molecule has 0 amide bonds. The molecule has 1 aromatic heterocycles. The molecule has 0 radical (unpaired) electrons. The molecule has 1 heterocycles. The van der Waals surface area contributed by atoms with Gasteiger partial charge in [-0.25, -0.2) is 9.18 Å². The predicted octanol–water partition coefficient (Wildman–Crippen LogP) is 5.18. The summed E-state index contributed by atoms with van der Waals surface area (Å²) in [6, 6.07) is 11.7. The summed E-state index contributed by atoms with van der Waals surface area (Å²) < 4.78 is 25.6. The lowest BCUT2D eigenvalue weighted by molar-refractivity contribution is 0.0529. The summed E-state index contributed by atoms with van der Waals surface area (Å²) >= 11 is 3.35. The molecular formula is C17H12BrFO3. The lowest BCUT2D eigenvalue weighted by Gasteiger charge is -2.03. The van der Waals surface area contributed by atoms with Crippen LogP contribution < -0.4 is 0 Å². The normalized spacial score (nSPS) is 10.9. The van der Waals surface area contributed by atoms with Crippen LogP contribution in [0.4, 0.5) is 4.39 Å². The lowest BCUT2D eigenvalue weighted by atomic mass is 10.1. The van der Waals surface area contributed by atoms with Crippen LogP contribution in [-0.2, 0) is 4.74 Å². The average molecular weight is 363 g/mol. The van der Waals surface area contributed by atoms with Gasteiger partial charge >= 0.3 is 5.97 Å². The highest BCUT2D eigenvalue weighted by Gasteiger charge is 2.24. The van der Waals surface area contributed by atoms with Crippen molar-refractivity contribution in [2.75, 3.05) is 6.61 Å². The number of para-hydroxylation sites is 1. The Morgan fingerprint density at radius 1 is 1.23 bits per heavy atom. The number of halogens is 2. The number of carbonyl (C=O) groups is 1. The first kappa shape index (κ1) is 14.8. The fraction of sp³-hybridized carbons (Fsp3) is 0.118. The first-order valence-corrected chi connectivity index (χ1v) is 7.55. The number of rotatable bonds is 3. The molecule has 2 aromatic carbocycles. The van der Waals surface area contributed by atoms with Gasteiger partial charge in [-0.2, -0.15) is 0 Å². The van der Waals surface area contributed by atoms with Crippen molar-refractivity contribution in [2.45, 2.75) is 6.92 Å². The molecular weight excluding hydrogens is 351 g/mol. The topological polar surface area (TPSA) is 39.4 Å². The van der Waals surface area contributed by atoms with Crippen molar-refractivity contribution in [3.8, 4) is 11.3 Å². The van der Waals surface area contributed by atoms with Gasteiger partial charge in [-0.05, 0) is 25.1 Å². The van der Waals surface area contributed by atoms with Crippen molar-refractivity contribution in [3.05, 3.63) is 58.3 Å². The Balaban J connectivity index is 2.28. The van der Waals surface area contributed by atoms with E-state index in [1.54, 1.807) is 31.2 Å². The molecule has 0 saturated heterocycles. The second-order valence-corrected chi connectivity index (χ2v) is 5.57. The summed E-state index contributed by atoms with van der Waals surface area (Å²) in [5, 5.41) is 0.413. The zero-order chi connectivity index (χ0) is 15.7. The number of benzene rings is 2. The molecule has 5 heteroatoms. The summed E-state index contributed by atoms with van der Waals surface area (Å²) in [4.78, 5) is 12.3. The van der Waals surface area contributed by atoms with Crippen LogP contribution in [0.2, 0.25) is 0 Å². The summed E-state index contributed by atoms with van der Waals surface area (Å²) in [6.45, 7) is 1.96. The van der Waals surface area contributed by atoms with Crippen LogP contribution in [0.15, 0.2) is 51.4 Å². The Hall–Kier alpha value is -2.14. The van der Waals surface area contributed by atoms with E-state index in [0.29, 0.717) is 16.7 Å². The van der Waals surface area contributed by atoms with Gasteiger partial charge in [0, 0.05) is 15.4 Å². The summed E-state index contributed by atoms with van der Waals surface area (Å²) in [5.41, 5.74) is 0.990. The van der Waals surface area contributed by atoms with Crippen LogP contribution in [0.5, 0.6) is 0 Å². The largest absolute Gasteiger partial charge is 0.462 e. The Labute approximate surface area is 134 Å². The smallest absolute Gasteiger partial charge is 0.342 e. The molecule has 0 bridgehead atoms. The maximum atomic E-state index is 14.0. The van der Waals surface area contributed by atoms with Gasteiger partial charge in [0.25, 0.3) is 0 Å². The highest BCUT2D eigenvalue weighted by molar-refractivity contribution is 9.10. The van der Waals surface area contributed by atoms with Crippen LogP contribution in [0.1, 0.15) is 17.3 Å². The fourth-order valence-electron chi connectivity index (χ4n) is 2.30. The van der Waals surface area contributed by atoms with Crippen LogP contribution in [0.25, 0.3) is 22.3 Å². The van der Waals surface area contributed by atoms with E-state index in [-0.39, 0.29) is 17.8 Å². The van der Waals surface area contributed by atoms with Crippen molar-refractivity contribution in [1.29, 1.82) is 0 Å². The monoisotopic (exact) mass is 362 g/mol. The minimum absolute atomic E-state index is 0.0588. The Morgan fingerprint density at radius 2 is 1.95 bits per heavy atom. The highest BCUT2D eigenvalue weighted by Crippen LogP contribution is 2.35. The molecule has 0 aliphatic rings. The predicted molar refractivity (Wildman–Crippen MR) is 85.3 cm³/mol. The lowest BCUT2D eigenvalue weighted by Crippen LogP contribution is -2.05. The van der Waals surface area contributed by atoms with Gasteiger partial charge in [0.15, 0.2) is 11.4 Å². The van der Waals surface area contributed by atoms with E-state index >= 15 is 0 Å². The van der Waals surface area contributed by atoms with Crippen molar-refractivity contribution in [1.82, 2.24) is 0 Å². The first-order valence-electron chi connectivity index (χ1n) is 6.76. The van der Waals surface area contributed by atoms with Gasteiger partial charge in [0.2, 0.25) is 0 Å². The van der Waals surface area contributed by atoms with Gasteiger partial charge < -0.3 is 9.15 Å². The van der Waals surface area contributed by atoms with Crippen LogP contribution in [-0.4, -0.2) is 12.6 Å². The molecule has 0 saturated carbocycles. The van der Waals surface area contributed by atoms with Crippen LogP contribution >= 0.6 is 15.9 Å². The number of ether oxygens (including phenoxy) is 1. The number of carbonyl (C=O) groups excluding carboxylic acids is 1. The third-order valence-corrected chi connectivity index (χ3v) is 3.78. The van der Waals surface area contributed by atoms with Crippen LogP contribution in [0.3, 0.4) is 0 Å². The van der Waals surface area contributed by atoms with E-state index < -0.39 is 11.8 Å². The van der Waals surface area contributed by atoms with Crippen molar-refractivity contribution >= 4 is 32.9 Å². The maximum Gasteiger partial charge on any atom is 0.342 e. The Bertz CT molecular complexity index is 837. The molecule has 3 aromatic rings. The third kappa shape index (κ3) is 2.52. The number of hydrogen-bond acceptors (Lipinski definition) is 3. The second kappa shape index (κ2) is 5.93. The fourth-order valence-corrected chi connectivity index (χ4v) is 2.56. The van der Waals surface area contributed by atoms with E-state index in [9.17, 15) is 9.18 Å². The van der Waals surface area contributed by atoms with Crippen molar-refractivity contribution in [2.24, 2.45) is 0 Å². The van der Waals surface area contributed by atoms with Gasteiger partial charge in [-0.15, -0.1) is 0 Å². The minimum Gasteiger partial charge on any atom is -0.462 e. The molecule has 22 heavy (non-hydrogen) atoms. The molecule has 0 fully saturated rings. The third-order valence-electron chi connectivity index (χ3n) is 3.25. The van der Waals surface area contributed by atoms with E-state index in [4.69, 9.17) is 9.15 Å². The van der Waals surface area contributed by atoms with Crippen molar-refractivity contribution in [3.63, 3.8) is 0 Å². The molecule has 0 N–H and O–H groups in total. The van der Waals surface area contributed by atoms with E-state index in [1.807, 2.05) is 12.1 Å². The standard InChI is InChI=1S/C17H12BrFO3/c1-2-21-17(20)14-12-4-3-5-13(19)16(12)22-15(14)10-6-8-11(18)9-7-10/h3-9H,2H2,1H3. The molecule has 0 aliphatic carbocycles. The summed E-state index contributed by atoms with van der Waals surface area (Å²) in [6.07, 6.45) is 0. The SMILES string of the molecule is CCOC(=O)c1c(-c2ccc(Br)cc2)oc2c(F)cccc12. The molecule has 3 nitrogen and oxygen atoms in total. The highest BCUT2D eigenvalue weighted by atomic mass is 79.9. The zero-order valence-corrected chi connectivity index (χ0v) is 13.3. The maximum absolute atomic E-state index is 14.0. The molecule has 112 valence electrons. The second-order valence-electron chi connectivity index (χ2n) is 4.65. The van der Waals surface area contributed by atoms with Gasteiger partial charge in [-0.3, -0.25) is 0 Å². The Kier molecular flexibility index (Phi) is 3.98.